The molecule has 0 spiro atoms. The van der Waals surface area contributed by atoms with E-state index in [2.05, 4.69) is 49.0 Å². The Morgan fingerprint density at radius 2 is 1.79 bits per heavy atom. The molecular weight excluding hydrogens is 476 g/mol. The topological polar surface area (TPSA) is 77.4 Å². The summed E-state index contributed by atoms with van der Waals surface area (Å²) in [7, 11) is 1.36. The first-order valence-electron chi connectivity index (χ1n) is 13.2. The van der Waals surface area contributed by atoms with Gasteiger partial charge in [-0.3, -0.25) is 9.59 Å². The van der Waals surface area contributed by atoms with Crippen LogP contribution in [0, 0.1) is 6.92 Å². The van der Waals surface area contributed by atoms with Crippen LogP contribution in [-0.4, -0.2) is 35.9 Å². The van der Waals surface area contributed by atoms with Gasteiger partial charge in [0.05, 0.1) is 12.7 Å². The van der Waals surface area contributed by atoms with E-state index in [0.717, 1.165) is 51.6 Å². The third kappa shape index (κ3) is 5.35. The highest BCUT2D eigenvalue weighted by molar-refractivity contribution is 6.10. The molecule has 6 heteroatoms. The van der Waals surface area contributed by atoms with Gasteiger partial charge < -0.3 is 14.6 Å². The van der Waals surface area contributed by atoms with E-state index in [9.17, 15) is 14.4 Å². The van der Waals surface area contributed by atoms with Crippen molar-refractivity contribution in [3.8, 4) is 11.1 Å². The number of carbonyl (C=O) groups excluding carboxylic acids is 3. The van der Waals surface area contributed by atoms with Crippen molar-refractivity contribution >= 4 is 28.6 Å². The Morgan fingerprint density at radius 3 is 2.42 bits per heavy atom. The van der Waals surface area contributed by atoms with E-state index in [1.165, 1.54) is 7.11 Å². The normalized spacial score (nSPS) is 13.8. The second-order valence-corrected chi connectivity index (χ2v) is 10.3. The number of carbonyl (C=O) groups is 3. The van der Waals surface area contributed by atoms with Crippen LogP contribution in [0.5, 0.6) is 0 Å². The number of hydrogen-bond acceptors (Lipinski definition) is 4. The molecule has 4 rings (SSSR count). The first-order valence-corrected chi connectivity index (χ1v) is 13.2. The van der Waals surface area contributed by atoms with Gasteiger partial charge in [0, 0.05) is 47.2 Å². The van der Waals surface area contributed by atoms with Crippen LogP contribution in [0.15, 0.2) is 65.4 Å². The number of benzene rings is 2. The van der Waals surface area contributed by atoms with Crippen LogP contribution in [-0.2, 0) is 9.53 Å². The number of nitrogens with one attached hydrogen (secondary N) is 1. The van der Waals surface area contributed by atoms with Crippen LogP contribution in [0.4, 0.5) is 0 Å². The molecule has 2 aromatic carbocycles. The summed E-state index contributed by atoms with van der Waals surface area (Å²) in [6.07, 6.45) is 6.32. The maximum Gasteiger partial charge on any atom is 0.337 e. The number of nitrogens with zero attached hydrogens (tertiary/aromatic N) is 1. The second kappa shape index (κ2) is 11.2. The Balaban J connectivity index is 1.76. The molecule has 3 aromatic rings. The van der Waals surface area contributed by atoms with Crippen molar-refractivity contribution in [1.82, 2.24) is 9.88 Å². The molecule has 0 fully saturated rings. The third-order valence-electron chi connectivity index (χ3n) is 7.09. The third-order valence-corrected chi connectivity index (χ3v) is 7.09. The van der Waals surface area contributed by atoms with Gasteiger partial charge in [-0.1, -0.05) is 37.1 Å². The molecule has 0 atom stereocenters. The van der Waals surface area contributed by atoms with Crippen LogP contribution in [0.25, 0.3) is 22.0 Å². The zero-order chi connectivity index (χ0) is 27.6. The summed E-state index contributed by atoms with van der Waals surface area (Å²) >= 11 is 0. The number of allylic oxidation sites excluding steroid dienone is 3. The van der Waals surface area contributed by atoms with Gasteiger partial charge in [-0.15, -0.1) is 0 Å². The molecule has 38 heavy (non-hydrogen) atoms. The Morgan fingerprint density at radius 1 is 1.08 bits per heavy atom. The number of rotatable bonds is 8. The van der Waals surface area contributed by atoms with Gasteiger partial charge in [-0.2, -0.15) is 0 Å². The van der Waals surface area contributed by atoms with E-state index < -0.39 is 5.97 Å². The Kier molecular flexibility index (Phi) is 8.00. The quantitative estimate of drug-likeness (QED) is 0.340. The first-order chi connectivity index (χ1) is 18.1. The minimum atomic E-state index is -0.393. The van der Waals surface area contributed by atoms with E-state index in [1.807, 2.05) is 32.0 Å². The summed E-state index contributed by atoms with van der Waals surface area (Å²) in [6.45, 7) is 10.5. The molecule has 0 radical (unpaired) electrons. The number of Topliss-reactive ketones (excluding diaryl/α,β-unsaturated/α-hetero) is 1. The highest BCUT2D eigenvalue weighted by atomic mass is 16.5. The lowest BCUT2D eigenvalue weighted by molar-refractivity contribution is -0.115. The smallest absolute Gasteiger partial charge is 0.337 e. The monoisotopic (exact) mass is 512 g/mol. The largest absolute Gasteiger partial charge is 0.465 e. The van der Waals surface area contributed by atoms with Gasteiger partial charge in [0.25, 0.3) is 5.91 Å². The molecule has 0 unspecified atom stereocenters. The van der Waals surface area contributed by atoms with Crippen LogP contribution in [0.2, 0.25) is 0 Å². The summed E-state index contributed by atoms with van der Waals surface area (Å²) in [4.78, 5) is 38.4. The Hall–Kier alpha value is -3.93. The van der Waals surface area contributed by atoms with Crippen molar-refractivity contribution in [3.05, 3.63) is 82.1 Å². The number of esters is 1. The molecule has 198 valence electrons. The van der Waals surface area contributed by atoms with Gasteiger partial charge in [-0.25, -0.2) is 4.79 Å². The zero-order valence-electron chi connectivity index (χ0n) is 23.1. The van der Waals surface area contributed by atoms with Gasteiger partial charge >= 0.3 is 5.97 Å². The average molecular weight is 513 g/mol. The number of fused-ring (bicyclic) bond motifs is 1. The molecule has 1 aromatic heterocycles. The number of aromatic nitrogens is 1. The molecule has 0 bridgehead atoms. The van der Waals surface area contributed by atoms with Gasteiger partial charge in [0.15, 0.2) is 5.78 Å². The van der Waals surface area contributed by atoms with Crippen molar-refractivity contribution in [1.29, 1.82) is 0 Å². The van der Waals surface area contributed by atoms with Crippen LogP contribution in [0.1, 0.15) is 79.3 Å². The number of aryl methyl sites for hydroxylation is 1. The molecule has 1 aliphatic rings. The highest BCUT2D eigenvalue weighted by Crippen LogP contribution is 2.33. The van der Waals surface area contributed by atoms with Crippen molar-refractivity contribution in [2.45, 2.75) is 59.9 Å². The lowest BCUT2D eigenvalue weighted by Gasteiger charge is -2.19. The Bertz CT molecular complexity index is 1470. The van der Waals surface area contributed by atoms with Crippen LogP contribution >= 0.6 is 0 Å². The van der Waals surface area contributed by atoms with Crippen LogP contribution < -0.4 is 5.32 Å². The van der Waals surface area contributed by atoms with Crippen molar-refractivity contribution in [3.63, 3.8) is 0 Å². The lowest BCUT2D eigenvalue weighted by atomic mass is 9.89. The Labute approximate surface area is 224 Å². The fraction of sp³-hybridized carbons (Fsp3) is 0.344. The lowest BCUT2D eigenvalue weighted by Crippen LogP contribution is -2.29. The molecular formula is C32H36N2O4. The van der Waals surface area contributed by atoms with E-state index in [0.29, 0.717) is 23.1 Å². The number of methoxy groups -OCH3 is 1. The fourth-order valence-corrected chi connectivity index (χ4v) is 5.22. The number of ketones is 1. The minimum absolute atomic E-state index is 0.0838. The average Bonchev–Trinajstić information content (AvgIpc) is 3.24. The van der Waals surface area contributed by atoms with Gasteiger partial charge in [0.2, 0.25) is 0 Å². The molecule has 1 amide bonds. The van der Waals surface area contributed by atoms with Gasteiger partial charge in [0.1, 0.15) is 0 Å². The zero-order valence-corrected chi connectivity index (χ0v) is 23.1. The van der Waals surface area contributed by atoms with Crippen molar-refractivity contribution in [2.24, 2.45) is 0 Å². The summed E-state index contributed by atoms with van der Waals surface area (Å²) in [5.41, 5.74) is 7.57. The molecule has 1 N–H and O–H groups in total. The predicted molar refractivity (Wildman–Crippen MR) is 151 cm³/mol. The number of ether oxygens (including phenoxy) is 1. The number of amides is 1. The number of hydrogen-bond donors (Lipinski definition) is 1. The molecule has 1 aliphatic carbocycles. The van der Waals surface area contributed by atoms with Gasteiger partial charge in [-0.05, 0) is 80.6 Å². The SMILES string of the molecule is CCCC1=C(CNC(=O)c2cc(-c3ccc(C(=O)OC)cc3)cc3c2c(C)cn3C(C)C)C(=O)CC(C)=C1. The molecule has 6 nitrogen and oxygen atoms in total. The highest BCUT2D eigenvalue weighted by Gasteiger charge is 2.22. The predicted octanol–water partition coefficient (Wildman–Crippen LogP) is 6.73. The summed E-state index contributed by atoms with van der Waals surface area (Å²) in [5.74, 6) is -0.522. The molecule has 1 heterocycles. The van der Waals surface area contributed by atoms with E-state index in [-0.39, 0.29) is 24.3 Å². The standard InChI is InChI=1S/C32H36N2O4/c1-7-8-24-13-20(4)14-29(35)27(24)17-33-31(36)26-15-25(22-9-11-23(12-10-22)32(37)38-6)16-28-30(26)21(5)18-34(28)19(2)3/h9-13,15-16,18-19H,7-8,14,17H2,1-6H3,(H,33,36). The summed E-state index contributed by atoms with van der Waals surface area (Å²) in [5, 5.41) is 3.96. The summed E-state index contributed by atoms with van der Waals surface area (Å²) < 4.78 is 7.00. The maximum atomic E-state index is 13.7. The fourth-order valence-electron chi connectivity index (χ4n) is 5.22. The molecule has 0 saturated heterocycles. The van der Waals surface area contributed by atoms with E-state index in [4.69, 9.17) is 4.74 Å². The summed E-state index contributed by atoms with van der Waals surface area (Å²) in [6, 6.07) is 11.4. The van der Waals surface area contributed by atoms with Crippen molar-refractivity contribution in [2.75, 3.05) is 13.7 Å². The van der Waals surface area contributed by atoms with Crippen LogP contribution in [0.3, 0.4) is 0 Å². The minimum Gasteiger partial charge on any atom is -0.465 e. The second-order valence-electron chi connectivity index (χ2n) is 10.3. The van der Waals surface area contributed by atoms with E-state index in [1.54, 1.807) is 12.1 Å². The first kappa shape index (κ1) is 27.1. The maximum absolute atomic E-state index is 13.7. The molecule has 0 saturated carbocycles. The van der Waals surface area contributed by atoms with E-state index >= 15 is 0 Å². The molecule has 0 aliphatic heterocycles. The van der Waals surface area contributed by atoms with Crippen molar-refractivity contribution < 1.29 is 19.1 Å².